The largest absolute Gasteiger partial charge is 0.392 e. The summed E-state index contributed by atoms with van der Waals surface area (Å²) < 4.78 is 0. The summed E-state index contributed by atoms with van der Waals surface area (Å²) in [6.07, 6.45) is 12.1. The number of nitrogens with one attached hydrogen (secondary N) is 1. The number of aryl methyl sites for hydroxylation is 1. The molecule has 0 spiro atoms. The Hall–Kier alpha value is -1.46. The molecule has 31 heavy (non-hydrogen) atoms. The van der Waals surface area contributed by atoms with E-state index in [1.54, 1.807) is 0 Å². The second-order valence-corrected chi connectivity index (χ2v) is 9.96. The molecule has 0 aromatic heterocycles. The van der Waals surface area contributed by atoms with E-state index in [0.717, 1.165) is 31.5 Å². The van der Waals surface area contributed by atoms with Crippen LogP contribution in [0.1, 0.15) is 43.2 Å². The van der Waals surface area contributed by atoms with Crippen LogP contribution < -0.4 is 5.32 Å². The molecule has 3 N–H and O–H groups in total. The van der Waals surface area contributed by atoms with Crippen LogP contribution in [0.3, 0.4) is 0 Å². The molecule has 4 heteroatoms. The lowest BCUT2D eigenvalue weighted by Gasteiger charge is -2.19. The minimum absolute atomic E-state index is 0.154. The van der Waals surface area contributed by atoms with E-state index in [2.05, 4.69) is 47.5 Å². The highest BCUT2D eigenvalue weighted by Gasteiger charge is 2.43. The monoisotopic (exact) mass is 424 g/mol. The Morgan fingerprint density at radius 3 is 2.90 bits per heavy atom. The van der Waals surface area contributed by atoms with Gasteiger partial charge in [-0.1, -0.05) is 53.6 Å². The lowest BCUT2D eigenvalue weighted by atomic mass is 9.89. The van der Waals surface area contributed by atoms with Crippen LogP contribution in [0.25, 0.3) is 0 Å². The number of allylic oxidation sites excluding steroid dienone is 1. The zero-order valence-electron chi connectivity index (χ0n) is 19.0. The third-order valence-corrected chi connectivity index (χ3v) is 7.41. The Morgan fingerprint density at radius 2 is 2.10 bits per heavy atom. The number of likely N-dealkylation sites (tertiary alicyclic amines) is 1. The number of hydrogen-bond donors (Lipinski definition) is 3. The number of rotatable bonds is 10. The van der Waals surface area contributed by atoms with Crippen molar-refractivity contribution in [1.29, 1.82) is 0 Å². The molecule has 1 saturated carbocycles. The average molecular weight is 425 g/mol. The van der Waals surface area contributed by atoms with E-state index in [9.17, 15) is 10.2 Å². The van der Waals surface area contributed by atoms with Gasteiger partial charge in [0.15, 0.2) is 0 Å². The Bertz CT molecular complexity index is 768. The van der Waals surface area contributed by atoms with Gasteiger partial charge < -0.3 is 20.4 Å². The molecule has 1 aliphatic heterocycles. The predicted molar refractivity (Wildman–Crippen MR) is 127 cm³/mol. The standard InChI is InChI=1S/C27H40N2O2/c1-20-6-4-7-21(14-20)16-24(30)8-9-25-26-17-22(15-23(26)18-27(25)31)19-28-10-5-13-29-11-2-3-12-29/h4,6-9,14-15,23-28,30-31H,2-3,5,10-13,16-19H2,1H3/b9-8+/t23-,24+,25+,26-,27+/m0/s1. The van der Waals surface area contributed by atoms with E-state index in [4.69, 9.17) is 0 Å². The van der Waals surface area contributed by atoms with E-state index in [1.165, 1.54) is 50.0 Å². The van der Waals surface area contributed by atoms with Crippen molar-refractivity contribution in [2.24, 2.45) is 17.8 Å². The molecule has 4 rings (SSSR count). The van der Waals surface area contributed by atoms with Crippen LogP contribution in [0.4, 0.5) is 0 Å². The van der Waals surface area contributed by atoms with Gasteiger partial charge in [-0.05, 0) is 82.6 Å². The molecular weight excluding hydrogens is 384 g/mol. The minimum atomic E-state index is -0.501. The van der Waals surface area contributed by atoms with Gasteiger partial charge in [0.1, 0.15) is 0 Å². The van der Waals surface area contributed by atoms with Crippen molar-refractivity contribution >= 4 is 0 Å². The highest BCUT2D eigenvalue weighted by molar-refractivity contribution is 5.24. The third kappa shape index (κ3) is 6.29. The van der Waals surface area contributed by atoms with Crippen LogP contribution in [-0.4, -0.2) is 60.0 Å². The molecule has 0 bridgehead atoms. The first-order valence-electron chi connectivity index (χ1n) is 12.3. The third-order valence-electron chi connectivity index (χ3n) is 7.41. The molecule has 1 heterocycles. The van der Waals surface area contributed by atoms with Crippen LogP contribution in [0, 0.1) is 24.7 Å². The van der Waals surface area contributed by atoms with E-state index in [0.29, 0.717) is 18.3 Å². The summed E-state index contributed by atoms with van der Waals surface area (Å²) in [7, 11) is 0. The second kappa shape index (κ2) is 10.9. The van der Waals surface area contributed by atoms with Crippen LogP contribution in [0.15, 0.2) is 48.1 Å². The summed E-state index contributed by atoms with van der Waals surface area (Å²) in [4.78, 5) is 2.58. The Balaban J connectivity index is 1.20. The van der Waals surface area contributed by atoms with Crippen LogP contribution in [0.5, 0.6) is 0 Å². The van der Waals surface area contributed by atoms with Crippen LogP contribution in [-0.2, 0) is 6.42 Å². The molecule has 2 aliphatic carbocycles. The fraction of sp³-hybridized carbons (Fsp3) is 0.630. The number of aliphatic hydroxyl groups excluding tert-OH is 2. The van der Waals surface area contributed by atoms with E-state index in [1.807, 2.05) is 12.1 Å². The van der Waals surface area contributed by atoms with Gasteiger partial charge in [-0.2, -0.15) is 0 Å². The molecule has 1 aromatic carbocycles. The number of benzene rings is 1. The SMILES string of the molecule is Cc1cccc(C[C@H](O)/C=C/[C@@H]2[C@H]3CC(CNCCCN4CCCC4)=C[C@H]3C[C@H]2O)c1. The highest BCUT2D eigenvalue weighted by Crippen LogP contribution is 2.47. The van der Waals surface area contributed by atoms with Gasteiger partial charge in [0, 0.05) is 18.9 Å². The molecule has 3 aliphatic rings. The number of hydrogen-bond acceptors (Lipinski definition) is 4. The number of fused-ring (bicyclic) bond motifs is 1. The van der Waals surface area contributed by atoms with Gasteiger partial charge >= 0.3 is 0 Å². The predicted octanol–water partition coefficient (Wildman–Crippen LogP) is 3.47. The van der Waals surface area contributed by atoms with E-state index >= 15 is 0 Å². The molecule has 5 atom stereocenters. The van der Waals surface area contributed by atoms with Crippen molar-refractivity contribution in [2.45, 2.75) is 57.7 Å². The summed E-state index contributed by atoms with van der Waals surface area (Å²) in [5.41, 5.74) is 3.88. The molecule has 1 saturated heterocycles. The van der Waals surface area contributed by atoms with E-state index in [-0.39, 0.29) is 12.0 Å². The van der Waals surface area contributed by atoms with Crippen LogP contribution in [0.2, 0.25) is 0 Å². The van der Waals surface area contributed by atoms with Gasteiger partial charge in [-0.15, -0.1) is 0 Å². The molecule has 170 valence electrons. The Kier molecular flexibility index (Phi) is 8.00. The fourth-order valence-corrected chi connectivity index (χ4v) is 5.82. The average Bonchev–Trinajstić information content (AvgIpc) is 3.43. The summed E-state index contributed by atoms with van der Waals surface area (Å²) in [5.74, 6) is 1.12. The van der Waals surface area contributed by atoms with Gasteiger partial charge in [0.05, 0.1) is 12.2 Å². The highest BCUT2D eigenvalue weighted by atomic mass is 16.3. The van der Waals surface area contributed by atoms with Crippen LogP contribution >= 0.6 is 0 Å². The van der Waals surface area contributed by atoms with Gasteiger partial charge in [-0.25, -0.2) is 0 Å². The summed E-state index contributed by atoms with van der Waals surface area (Å²) in [6.45, 7) is 7.93. The normalized spacial score (nSPS) is 29.6. The van der Waals surface area contributed by atoms with Crippen molar-refractivity contribution in [3.63, 3.8) is 0 Å². The zero-order valence-corrected chi connectivity index (χ0v) is 19.0. The van der Waals surface area contributed by atoms with E-state index < -0.39 is 6.10 Å². The maximum Gasteiger partial charge on any atom is 0.0761 e. The molecule has 1 aromatic rings. The first kappa shape index (κ1) is 22.7. The zero-order chi connectivity index (χ0) is 21.6. The lowest BCUT2D eigenvalue weighted by molar-refractivity contribution is 0.140. The molecular formula is C27H40N2O2. The minimum Gasteiger partial charge on any atom is -0.392 e. The quantitative estimate of drug-likeness (QED) is 0.398. The fourth-order valence-electron chi connectivity index (χ4n) is 5.82. The maximum absolute atomic E-state index is 10.6. The smallest absolute Gasteiger partial charge is 0.0761 e. The molecule has 0 unspecified atom stereocenters. The summed E-state index contributed by atoms with van der Waals surface area (Å²) in [5, 5.41) is 24.7. The Labute approximate surface area is 188 Å². The summed E-state index contributed by atoms with van der Waals surface area (Å²) in [6, 6.07) is 8.31. The number of aliphatic hydroxyl groups is 2. The number of nitrogens with zero attached hydrogens (tertiary/aromatic N) is 1. The first-order chi connectivity index (χ1) is 15.1. The van der Waals surface area contributed by atoms with Crippen molar-refractivity contribution in [3.8, 4) is 0 Å². The van der Waals surface area contributed by atoms with Gasteiger partial charge in [0.2, 0.25) is 0 Å². The Morgan fingerprint density at radius 1 is 1.26 bits per heavy atom. The van der Waals surface area contributed by atoms with Crippen molar-refractivity contribution in [1.82, 2.24) is 10.2 Å². The molecule has 4 nitrogen and oxygen atoms in total. The topological polar surface area (TPSA) is 55.7 Å². The summed E-state index contributed by atoms with van der Waals surface area (Å²) >= 11 is 0. The molecule has 2 fully saturated rings. The van der Waals surface area contributed by atoms with Gasteiger partial charge in [-0.3, -0.25) is 0 Å². The van der Waals surface area contributed by atoms with Gasteiger partial charge in [0.25, 0.3) is 0 Å². The maximum atomic E-state index is 10.6. The lowest BCUT2D eigenvalue weighted by Crippen LogP contribution is -2.26. The first-order valence-corrected chi connectivity index (χ1v) is 12.3. The van der Waals surface area contributed by atoms with Crippen molar-refractivity contribution in [2.75, 3.05) is 32.7 Å². The molecule has 0 radical (unpaired) electrons. The second-order valence-electron chi connectivity index (χ2n) is 9.96. The van der Waals surface area contributed by atoms with Crippen molar-refractivity contribution in [3.05, 3.63) is 59.2 Å². The molecule has 0 amide bonds. The van der Waals surface area contributed by atoms with Crippen molar-refractivity contribution < 1.29 is 10.2 Å².